The number of benzene rings is 3. The van der Waals surface area contributed by atoms with Gasteiger partial charge in [-0.05, 0) is 18.2 Å². The first-order chi connectivity index (χ1) is 13.4. The first-order valence-electron chi connectivity index (χ1n) is 8.24. The molecule has 0 unspecified atom stereocenters. The third-order valence-electron chi connectivity index (χ3n) is 4.09. The first-order valence-corrected chi connectivity index (χ1v) is 10.8. The van der Waals surface area contributed by atoms with Gasteiger partial charge >= 0.3 is 6.36 Å². The third kappa shape index (κ3) is 3.55. The van der Waals surface area contributed by atoms with Crippen LogP contribution in [0.1, 0.15) is 0 Å². The van der Waals surface area contributed by atoms with Gasteiger partial charge in [0, 0.05) is 10.6 Å². The molecule has 0 aliphatic carbocycles. The van der Waals surface area contributed by atoms with Gasteiger partial charge in [0.15, 0.2) is 11.9 Å². The number of alkyl halides is 3. The van der Waals surface area contributed by atoms with Crippen molar-refractivity contribution in [2.75, 3.05) is 0 Å². The molecule has 1 heterocycles. The van der Waals surface area contributed by atoms with Gasteiger partial charge in [-0.15, -0.1) is 24.5 Å². The largest absolute Gasteiger partial charge is 0.573 e. The Kier molecular flexibility index (Phi) is 4.73. The van der Waals surface area contributed by atoms with Gasteiger partial charge in [-0.2, -0.15) is 0 Å². The van der Waals surface area contributed by atoms with Crippen LogP contribution in [0.3, 0.4) is 0 Å². The lowest BCUT2D eigenvalue weighted by Gasteiger charge is -2.16. The minimum Gasteiger partial charge on any atom is -0.406 e. The van der Waals surface area contributed by atoms with Crippen LogP contribution in [0.2, 0.25) is 0 Å². The van der Waals surface area contributed by atoms with Gasteiger partial charge in [0.2, 0.25) is 0 Å². The predicted molar refractivity (Wildman–Crippen MR) is 106 cm³/mol. The van der Waals surface area contributed by atoms with Gasteiger partial charge in [0.25, 0.3) is 0 Å². The van der Waals surface area contributed by atoms with E-state index >= 15 is 0 Å². The molecule has 3 nitrogen and oxygen atoms in total. The molecule has 8 heteroatoms. The van der Waals surface area contributed by atoms with E-state index in [1.807, 2.05) is 12.1 Å². The highest BCUT2D eigenvalue weighted by Crippen LogP contribution is 2.44. The van der Waals surface area contributed by atoms with Crippen molar-refractivity contribution in [1.82, 2.24) is 4.98 Å². The number of fused-ring (bicyclic) bond motifs is 1. The Hall–Kier alpha value is -2.63. The lowest BCUT2D eigenvalue weighted by Crippen LogP contribution is -2.24. The summed E-state index contributed by atoms with van der Waals surface area (Å²) in [5, 5.41) is 1.24. The summed E-state index contributed by atoms with van der Waals surface area (Å²) in [6.45, 7) is 0. The molecule has 0 aliphatic heterocycles. The SMILES string of the molecule is O=P(c1ccccc1)(c1ccccc1)c1nc2ccc(OC(F)(F)F)cc2s1. The average molecular weight is 419 g/mol. The van der Waals surface area contributed by atoms with Crippen LogP contribution in [0.25, 0.3) is 10.2 Å². The maximum absolute atomic E-state index is 14.2. The molecule has 0 bridgehead atoms. The van der Waals surface area contributed by atoms with Crippen molar-refractivity contribution in [3.05, 3.63) is 78.9 Å². The quantitative estimate of drug-likeness (QED) is 0.445. The van der Waals surface area contributed by atoms with Crippen molar-refractivity contribution in [3.63, 3.8) is 0 Å². The Morgan fingerprint density at radius 1 is 0.857 bits per heavy atom. The van der Waals surface area contributed by atoms with Crippen molar-refractivity contribution < 1.29 is 22.5 Å². The Balaban J connectivity index is 1.88. The molecular formula is C20H13F3NO2PS. The van der Waals surface area contributed by atoms with Crippen molar-refractivity contribution in [2.24, 2.45) is 0 Å². The first kappa shape index (κ1) is 18.7. The Labute approximate surface area is 162 Å². The van der Waals surface area contributed by atoms with Crippen LogP contribution < -0.4 is 20.1 Å². The van der Waals surface area contributed by atoms with Crippen molar-refractivity contribution in [3.8, 4) is 5.75 Å². The topological polar surface area (TPSA) is 39.2 Å². The summed E-state index contributed by atoms with van der Waals surface area (Å²) in [6, 6.07) is 21.9. The molecule has 0 fully saturated rings. The highest BCUT2D eigenvalue weighted by molar-refractivity contribution is 7.89. The van der Waals surface area contributed by atoms with Crippen molar-refractivity contribution in [2.45, 2.75) is 6.36 Å². The molecule has 28 heavy (non-hydrogen) atoms. The molecule has 3 aromatic carbocycles. The standard InChI is InChI=1S/C20H13F3NO2PS/c21-20(22,23)26-14-11-12-17-18(13-14)28-19(24-17)27(25,15-7-3-1-4-8-15)16-9-5-2-6-10-16/h1-13H. The van der Waals surface area contributed by atoms with Crippen LogP contribution in [0.4, 0.5) is 13.2 Å². The molecule has 0 saturated carbocycles. The molecule has 0 N–H and O–H groups in total. The number of halogens is 3. The van der Waals surface area contributed by atoms with E-state index in [2.05, 4.69) is 9.72 Å². The lowest BCUT2D eigenvalue weighted by molar-refractivity contribution is -0.274. The highest BCUT2D eigenvalue weighted by atomic mass is 32.1. The van der Waals surface area contributed by atoms with E-state index in [4.69, 9.17) is 0 Å². The fourth-order valence-corrected chi connectivity index (χ4v) is 7.22. The second-order valence-corrected chi connectivity index (χ2v) is 9.96. The zero-order chi connectivity index (χ0) is 19.8. The normalized spacial score (nSPS) is 12.2. The number of hydrogen-bond donors (Lipinski definition) is 0. The highest BCUT2D eigenvalue weighted by Gasteiger charge is 2.34. The van der Waals surface area contributed by atoms with E-state index in [-0.39, 0.29) is 5.75 Å². The van der Waals surface area contributed by atoms with Crippen molar-refractivity contribution >= 4 is 44.1 Å². The average Bonchev–Trinajstić information content (AvgIpc) is 3.11. The van der Waals surface area contributed by atoms with Crippen molar-refractivity contribution in [1.29, 1.82) is 0 Å². The number of rotatable bonds is 4. The van der Waals surface area contributed by atoms with E-state index in [9.17, 15) is 17.7 Å². The molecule has 142 valence electrons. The van der Waals surface area contributed by atoms with E-state index in [1.54, 1.807) is 48.5 Å². The molecule has 0 radical (unpaired) electrons. The smallest absolute Gasteiger partial charge is 0.406 e. The number of ether oxygens (including phenoxy) is 1. The van der Waals surface area contributed by atoms with Gasteiger partial charge < -0.3 is 9.30 Å². The minimum absolute atomic E-state index is 0.329. The maximum Gasteiger partial charge on any atom is 0.573 e. The van der Waals surface area contributed by atoms with Gasteiger partial charge in [-0.1, -0.05) is 60.7 Å². The molecule has 1 aromatic heterocycles. The van der Waals surface area contributed by atoms with E-state index < -0.39 is 13.5 Å². The van der Waals surface area contributed by atoms with Crippen LogP contribution in [-0.4, -0.2) is 11.3 Å². The van der Waals surface area contributed by atoms with Gasteiger partial charge in [-0.3, -0.25) is 0 Å². The fourth-order valence-electron chi connectivity index (χ4n) is 2.87. The van der Waals surface area contributed by atoms with E-state index in [0.29, 0.717) is 25.6 Å². The zero-order valence-corrected chi connectivity index (χ0v) is 16.0. The summed E-state index contributed by atoms with van der Waals surface area (Å²) in [6.07, 6.45) is -4.77. The fraction of sp³-hybridized carbons (Fsp3) is 0.0500. The Morgan fingerprint density at radius 3 is 1.96 bits per heavy atom. The molecule has 0 atom stereocenters. The van der Waals surface area contributed by atoms with Crippen LogP contribution in [0, 0.1) is 0 Å². The molecule has 0 saturated heterocycles. The summed E-state index contributed by atoms with van der Waals surface area (Å²) < 4.78 is 56.6. The number of aromatic nitrogens is 1. The zero-order valence-electron chi connectivity index (χ0n) is 14.3. The van der Waals surface area contributed by atoms with Crippen LogP contribution in [0.5, 0.6) is 5.75 Å². The lowest BCUT2D eigenvalue weighted by atomic mass is 10.3. The van der Waals surface area contributed by atoms with Crippen LogP contribution in [0.15, 0.2) is 78.9 Å². The Morgan fingerprint density at radius 2 is 1.43 bits per heavy atom. The minimum atomic E-state index is -4.77. The summed E-state index contributed by atoms with van der Waals surface area (Å²) in [5.74, 6) is -0.329. The van der Waals surface area contributed by atoms with Gasteiger partial charge in [0.1, 0.15) is 5.75 Å². The number of hydrogen-bond acceptors (Lipinski definition) is 4. The second kappa shape index (κ2) is 7.08. The summed E-state index contributed by atoms with van der Waals surface area (Å²) >= 11 is 1.11. The number of nitrogens with zero attached hydrogens (tertiary/aromatic N) is 1. The summed E-state index contributed by atoms with van der Waals surface area (Å²) in [4.78, 5) is 4.49. The van der Waals surface area contributed by atoms with Gasteiger partial charge in [0.05, 0.1) is 10.2 Å². The molecule has 0 amide bonds. The second-order valence-electron chi connectivity index (χ2n) is 5.95. The summed E-state index contributed by atoms with van der Waals surface area (Å²) in [7, 11) is -3.26. The number of thiazole rings is 1. The van der Waals surface area contributed by atoms with Gasteiger partial charge in [-0.25, -0.2) is 4.98 Å². The molecular weight excluding hydrogens is 406 g/mol. The molecule has 0 aliphatic rings. The predicted octanol–water partition coefficient (Wildman–Crippen LogP) is 4.83. The Bertz CT molecular complexity index is 1120. The van der Waals surface area contributed by atoms with Crippen LogP contribution >= 0.6 is 18.5 Å². The molecule has 0 spiro atoms. The molecule has 4 rings (SSSR count). The molecule has 4 aromatic rings. The van der Waals surface area contributed by atoms with E-state index in [0.717, 1.165) is 11.3 Å². The summed E-state index contributed by atoms with van der Waals surface area (Å²) in [5.41, 5.74) is 0.474. The maximum atomic E-state index is 14.2. The third-order valence-corrected chi connectivity index (χ3v) is 8.65. The van der Waals surface area contributed by atoms with Crippen LogP contribution in [-0.2, 0) is 4.57 Å². The van der Waals surface area contributed by atoms with E-state index in [1.165, 1.54) is 18.2 Å². The monoisotopic (exact) mass is 419 g/mol.